The summed E-state index contributed by atoms with van der Waals surface area (Å²) in [5.41, 5.74) is 19.3. The van der Waals surface area contributed by atoms with Gasteiger partial charge in [0.2, 0.25) is 0 Å². The molecule has 3 aliphatic rings. The van der Waals surface area contributed by atoms with Crippen molar-refractivity contribution in [3.05, 3.63) is 0 Å². The summed E-state index contributed by atoms with van der Waals surface area (Å²) in [5.74, 6) is -1.11. The van der Waals surface area contributed by atoms with Crippen molar-refractivity contribution >= 4 is 26.0 Å². The highest BCUT2D eigenvalue weighted by Crippen LogP contribution is 2.40. The van der Waals surface area contributed by atoms with E-state index >= 15 is 0 Å². The molecule has 0 amide bonds. The van der Waals surface area contributed by atoms with E-state index in [0.29, 0.717) is 0 Å². The second-order valence-corrected chi connectivity index (χ2v) is 11.7. The standard InChI is InChI=1S/C21H40N7O15P/c1-5-21(35,4-29)16(43-17-9(26-2)13(33)10(30)6(41-17)3-39-44(36,37)38)18(40-5)42-15-8(28-20(24)25)11(31)7(27-19(22)23)12(32)14(15)34/h4-18,26,30-35H,3H2,1-2H3,(H4,22,23,27)(H4,24,25,28)(H2,36,37,38). The van der Waals surface area contributed by atoms with Crippen LogP contribution in [-0.2, 0) is 32.8 Å². The number of carbonyl (C=O) groups excluding carboxylic acids is 1. The third-order valence-corrected chi connectivity index (χ3v) is 8.05. The van der Waals surface area contributed by atoms with Crippen LogP contribution in [0.3, 0.4) is 0 Å². The van der Waals surface area contributed by atoms with E-state index in [1.807, 2.05) is 0 Å². The molecule has 0 aromatic carbocycles. The Morgan fingerprint density at radius 2 is 1.50 bits per heavy atom. The minimum absolute atomic E-state index is 0.0752. The molecular formula is C21H40N7O15P. The van der Waals surface area contributed by atoms with Crippen LogP contribution in [0.4, 0.5) is 0 Å². The van der Waals surface area contributed by atoms with Crippen LogP contribution >= 0.6 is 7.82 Å². The van der Waals surface area contributed by atoms with Crippen molar-refractivity contribution in [2.24, 2.45) is 32.9 Å². The number of phosphoric ester groups is 1. The van der Waals surface area contributed by atoms with Gasteiger partial charge in [-0.15, -0.1) is 0 Å². The molecule has 2 heterocycles. The maximum absolute atomic E-state index is 12.2. The number of nitrogens with zero attached hydrogens (tertiary/aromatic N) is 2. The van der Waals surface area contributed by atoms with E-state index in [9.17, 15) is 40.0 Å². The van der Waals surface area contributed by atoms with Crippen LogP contribution in [0.5, 0.6) is 0 Å². The van der Waals surface area contributed by atoms with E-state index in [-0.39, 0.29) is 6.29 Å². The molecule has 3 fully saturated rings. The molecule has 254 valence electrons. The van der Waals surface area contributed by atoms with Gasteiger partial charge in [-0.2, -0.15) is 0 Å². The summed E-state index contributed by atoms with van der Waals surface area (Å²) in [6.45, 7) is 0.361. The molecule has 15 unspecified atom stereocenters. The number of likely N-dealkylation sites (N-methyl/N-ethyl adjacent to an activating group) is 1. The number of guanidine groups is 2. The number of phosphoric acid groups is 1. The van der Waals surface area contributed by atoms with Crippen LogP contribution in [0.25, 0.3) is 0 Å². The average Bonchev–Trinajstić information content (AvgIpc) is 3.16. The van der Waals surface area contributed by atoms with Crippen LogP contribution in [-0.4, -0.2) is 164 Å². The zero-order valence-corrected chi connectivity index (χ0v) is 24.3. The Morgan fingerprint density at radius 1 is 0.909 bits per heavy atom. The number of aliphatic imine (C=N–C) groups is 2. The third kappa shape index (κ3) is 7.63. The van der Waals surface area contributed by atoms with Gasteiger partial charge in [0.1, 0.15) is 60.9 Å². The fourth-order valence-electron chi connectivity index (χ4n) is 5.24. The molecule has 0 radical (unpaired) electrons. The van der Waals surface area contributed by atoms with Gasteiger partial charge in [-0.05, 0) is 14.0 Å². The smallest absolute Gasteiger partial charge is 0.388 e. The molecule has 23 heteroatoms. The van der Waals surface area contributed by atoms with Gasteiger partial charge < -0.3 is 87.6 Å². The highest BCUT2D eigenvalue weighted by molar-refractivity contribution is 7.46. The first-order valence-corrected chi connectivity index (χ1v) is 14.6. The Labute approximate surface area is 249 Å². The summed E-state index contributed by atoms with van der Waals surface area (Å²) in [4.78, 5) is 37.8. The molecule has 44 heavy (non-hydrogen) atoms. The molecule has 0 bridgehead atoms. The Bertz CT molecular complexity index is 1110. The largest absolute Gasteiger partial charge is 0.469 e. The number of aldehydes is 1. The fourth-order valence-corrected chi connectivity index (χ4v) is 5.58. The lowest BCUT2D eigenvalue weighted by molar-refractivity contribution is -0.313. The zero-order valence-electron chi connectivity index (χ0n) is 23.5. The Kier molecular flexibility index (Phi) is 11.7. The fraction of sp³-hybridized carbons (Fsp3) is 0.857. The molecule has 15 atom stereocenters. The van der Waals surface area contributed by atoms with Crippen LogP contribution in [0, 0.1) is 0 Å². The van der Waals surface area contributed by atoms with Crippen molar-refractivity contribution in [2.75, 3.05) is 13.7 Å². The number of carbonyl (C=O) groups is 1. The van der Waals surface area contributed by atoms with Crippen molar-refractivity contribution in [3.63, 3.8) is 0 Å². The molecule has 2 saturated heterocycles. The predicted octanol–water partition coefficient (Wildman–Crippen LogP) is -8.04. The van der Waals surface area contributed by atoms with Gasteiger partial charge in [0.15, 0.2) is 36.4 Å². The van der Waals surface area contributed by atoms with Crippen LogP contribution in [0.1, 0.15) is 6.92 Å². The molecule has 3 rings (SSSR count). The van der Waals surface area contributed by atoms with Gasteiger partial charge in [0.05, 0.1) is 18.8 Å². The summed E-state index contributed by atoms with van der Waals surface area (Å²) in [7, 11) is -3.69. The number of ether oxygens (including phenoxy) is 4. The van der Waals surface area contributed by atoms with Crippen LogP contribution in [0.2, 0.25) is 0 Å². The minimum Gasteiger partial charge on any atom is -0.388 e. The van der Waals surface area contributed by atoms with E-state index in [4.69, 9.17) is 51.7 Å². The molecule has 0 aromatic rings. The number of aliphatic hydroxyl groups is 6. The third-order valence-electron chi connectivity index (χ3n) is 7.56. The predicted molar refractivity (Wildman–Crippen MR) is 144 cm³/mol. The van der Waals surface area contributed by atoms with Crippen molar-refractivity contribution in [1.29, 1.82) is 0 Å². The number of nitrogens with one attached hydrogen (secondary N) is 1. The Hall–Kier alpha value is -2.12. The summed E-state index contributed by atoms with van der Waals surface area (Å²) < 4.78 is 38.5. The lowest BCUT2D eigenvalue weighted by Gasteiger charge is -2.45. The van der Waals surface area contributed by atoms with Crippen molar-refractivity contribution in [3.8, 4) is 0 Å². The second kappa shape index (κ2) is 14.1. The second-order valence-electron chi connectivity index (χ2n) is 10.5. The Morgan fingerprint density at radius 3 is 2.02 bits per heavy atom. The zero-order chi connectivity index (χ0) is 33.3. The molecule has 0 spiro atoms. The van der Waals surface area contributed by atoms with E-state index in [2.05, 4.69) is 19.8 Å². The SMILES string of the molecule is CNC1C(OC2C(OC3C(O)C(O)C(N=C(N)N)C(O)C3N=C(N)N)OC(C)C2(O)C=O)OC(COP(=O)(O)O)C(O)C1O. The summed E-state index contributed by atoms with van der Waals surface area (Å²) in [6.07, 6.45) is -18.9. The van der Waals surface area contributed by atoms with Crippen molar-refractivity contribution < 1.29 is 73.3 Å². The normalized spacial score (nSPS) is 44.6. The molecular weight excluding hydrogens is 621 g/mol. The van der Waals surface area contributed by atoms with Crippen LogP contribution in [0.15, 0.2) is 9.98 Å². The number of rotatable bonds is 11. The van der Waals surface area contributed by atoms with Gasteiger partial charge in [-0.1, -0.05) is 0 Å². The maximum atomic E-state index is 12.2. The van der Waals surface area contributed by atoms with Gasteiger partial charge >= 0.3 is 7.82 Å². The quantitative estimate of drug-likeness (QED) is 0.0423. The average molecular weight is 662 g/mol. The van der Waals surface area contributed by atoms with E-state index in [1.54, 1.807) is 0 Å². The molecule has 22 nitrogen and oxygen atoms in total. The van der Waals surface area contributed by atoms with Crippen LogP contribution < -0.4 is 28.3 Å². The van der Waals surface area contributed by atoms with E-state index in [1.165, 1.54) is 14.0 Å². The first kappa shape index (κ1) is 36.3. The lowest BCUT2D eigenvalue weighted by atomic mass is 9.81. The number of nitrogens with two attached hydrogens (primary N) is 4. The molecule has 17 N–H and O–H groups in total. The molecule has 0 aromatic heterocycles. The van der Waals surface area contributed by atoms with Gasteiger partial charge in [-0.25, -0.2) is 14.5 Å². The van der Waals surface area contributed by atoms with E-state index < -0.39 is 118 Å². The molecule has 1 saturated carbocycles. The highest BCUT2D eigenvalue weighted by Gasteiger charge is 2.61. The monoisotopic (exact) mass is 661 g/mol. The number of hydrogen-bond acceptors (Lipinski definition) is 16. The topological polar surface area (TPSA) is 383 Å². The van der Waals surface area contributed by atoms with Gasteiger partial charge in [0, 0.05) is 0 Å². The summed E-state index contributed by atoms with van der Waals surface area (Å²) in [6, 6.07) is -4.35. The van der Waals surface area contributed by atoms with E-state index in [0.717, 1.165) is 0 Å². The number of aliphatic hydroxyl groups excluding tert-OH is 5. The first-order valence-electron chi connectivity index (χ1n) is 13.1. The number of hydrogen-bond donors (Lipinski definition) is 13. The summed E-state index contributed by atoms with van der Waals surface area (Å²) >= 11 is 0. The van der Waals surface area contributed by atoms with Gasteiger partial charge in [-0.3, -0.25) is 9.32 Å². The molecule has 2 aliphatic heterocycles. The highest BCUT2D eigenvalue weighted by atomic mass is 31.2. The first-order chi connectivity index (χ1) is 20.4. The van der Waals surface area contributed by atoms with Crippen molar-refractivity contribution in [2.45, 2.75) is 98.2 Å². The Balaban J connectivity index is 1.96. The lowest BCUT2D eigenvalue weighted by Crippen LogP contribution is -2.66. The minimum atomic E-state index is -5.03. The maximum Gasteiger partial charge on any atom is 0.469 e. The van der Waals surface area contributed by atoms with Gasteiger partial charge in [0.25, 0.3) is 0 Å². The van der Waals surface area contributed by atoms with Crippen molar-refractivity contribution in [1.82, 2.24) is 5.32 Å². The summed E-state index contributed by atoms with van der Waals surface area (Å²) in [5, 5.41) is 67.6. The molecule has 1 aliphatic carbocycles.